The first kappa shape index (κ1) is 59.9. The molecule has 89 heavy (non-hydrogen) atoms. The van der Waals surface area contributed by atoms with Crippen LogP contribution in [0.4, 0.5) is 40.6 Å². The lowest BCUT2D eigenvalue weighted by molar-refractivity contribution is -0.132. The number of piperazine rings is 2. The molecule has 4 aromatic carbocycles. The number of allylic oxidation sites excluding steroid dienone is 1. The molecule has 3 atom stereocenters. The zero-order chi connectivity index (χ0) is 61.6. The highest BCUT2D eigenvalue weighted by Crippen LogP contribution is 2.43. The predicted molar refractivity (Wildman–Crippen MR) is 328 cm³/mol. The van der Waals surface area contributed by atoms with E-state index in [-0.39, 0.29) is 91.6 Å². The van der Waals surface area contributed by atoms with Gasteiger partial charge in [-0.25, -0.2) is 17.6 Å². The first-order chi connectivity index (χ1) is 43.2. The molecule has 462 valence electrons. The number of hydrogen-bond acceptors (Lipinski definition) is 16. The van der Waals surface area contributed by atoms with Gasteiger partial charge in [0.25, 0.3) is 11.8 Å². The van der Waals surface area contributed by atoms with Gasteiger partial charge in [-0.05, 0) is 92.1 Å². The number of rotatable bonds is 16. The molecule has 0 radical (unpaired) electrons. The quantitative estimate of drug-likeness (QED) is 0.0658. The number of carbonyl (C=O) groups excluding carboxylic acids is 2. The van der Waals surface area contributed by atoms with E-state index >= 15 is 4.39 Å². The van der Waals surface area contributed by atoms with Crippen LogP contribution in [0, 0.1) is 46.1 Å². The molecule has 0 spiro atoms. The summed E-state index contributed by atoms with van der Waals surface area (Å²) in [6.45, 7) is 8.95. The SMILES string of the molecule is C=C(F)C(=O)N1CCN(c2nc(OC[C@@H]3CCCN3C3CC(/C=C(\F)C(=O)N4CCN(c5nc(OCC6COC6)nc6c5CCN(c5cccc7ccc(F)c(Cl)c57)C6)C[C@@H]4CC#N)C3)nc3c2CCN(c2cccc4ccc(F)c(Cl)c24)C3)C[C@@H]1CC#N. The fraction of sp³-hybridized carbons (Fsp3) is 0.446. The maximum absolute atomic E-state index is 16.4. The largest absolute Gasteiger partial charge is 0.463 e. The van der Waals surface area contributed by atoms with Crippen LogP contribution in [0.3, 0.4) is 0 Å². The second-order valence-corrected chi connectivity index (χ2v) is 24.9. The van der Waals surface area contributed by atoms with Crippen LogP contribution < -0.4 is 29.1 Å². The number of aromatic nitrogens is 4. The maximum Gasteiger partial charge on any atom is 0.318 e. The normalized spacial score (nSPS) is 22.3. The van der Waals surface area contributed by atoms with Crippen molar-refractivity contribution in [2.24, 2.45) is 11.8 Å². The van der Waals surface area contributed by atoms with Crippen molar-refractivity contribution in [2.45, 2.75) is 88.6 Å². The van der Waals surface area contributed by atoms with Crippen LogP contribution >= 0.6 is 23.2 Å². The number of nitriles is 2. The maximum atomic E-state index is 16.4. The van der Waals surface area contributed by atoms with E-state index in [0.717, 1.165) is 58.4 Å². The average Bonchev–Trinajstić information content (AvgIpc) is 1.23. The van der Waals surface area contributed by atoms with E-state index in [2.05, 4.69) is 33.4 Å². The summed E-state index contributed by atoms with van der Waals surface area (Å²) in [6.07, 6.45) is 5.46. The van der Waals surface area contributed by atoms with Crippen molar-refractivity contribution < 1.29 is 41.4 Å². The lowest BCUT2D eigenvalue weighted by Crippen LogP contribution is -2.56. The van der Waals surface area contributed by atoms with E-state index in [4.69, 9.17) is 57.3 Å². The molecule has 24 heteroatoms. The second kappa shape index (κ2) is 25.5. The Morgan fingerprint density at radius 3 is 1.70 bits per heavy atom. The van der Waals surface area contributed by atoms with Crippen molar-refractivity contribution in [2.75, 3.05) is 105 Å². The summed E-state index contributed by atoms with van der Waals surface area (Å²) in [5, 5.41) is 22.8. The molecule has 2 aromatic heterocycles. The van der Waals surface area contributed by atoms with Gasteiger partial charge in [-0.15, -0.1) is 0 Å². The summed E-state index contributed by atoms with van der Waals surface area (Å²) in [5.41, 5.74) is 4.73. The minimum atomic E-state index is -1.09. The molecule has 2 amide bonds. The van der Waals surface area contributed by atoms with Gasteiger partial charge in [0.15, 0.2) is 11.7 Å². The zero-order valence-electron chi connectivity index (χ0n) is 48.9. The third-order valence-electron chi connectivity index (χ3n) is 18.7. The fourth-order valence-corrected chi connectivity index (χ4v) is 14.5. The Kier molecular flexibility index (Phi) is 17.1. The molecule has 1 aliphatic carbocycles. The summed E-state index contributed by atoms with van der Waals surface area (Å²) in [6, 6.07) is 21.1. The molecule has 0 N–H and O–H groups in total. The smallest absolute Gasteiger partial charge is 0.318 e. The van der Waals surface area contributed by atoms with Crippen molar-refractivity contribution in [3.8, 4) is 24.2 Å². The van der Waals surface area contributed by atoms with Gasteiger partial charge in [-0.1, -0.05) is 66.2 Å². The highest BCUT2D eigenvalue weighted by atomic mass is 35.5. The third kappa shape index (κ3) is 11.9. The Morgan fingerprint density at radius 2 is 1.19 bits per heavy atom. The van der Waals surface area contributed by atoms with Gasteiger partial charge in [-0.2, -0.15) is 30.5 Å². The summed E-state index contributed by atoms with van der Waals surface area (Å²) in [4.78, 5) is 60.4. The van der Waals surface area contributed by atoms with Gasteiger partial charge in [0, 0.05) is 104 Å². The van der Waals surface area contributed by atoms with Crippen molar-refractivity contribution in [1.82, 2.24) is 34.6 Å². The lowest BCUT2D eigenvalue weighted by atomic mass is 9.78. The Labute approximate surface area is 522 Å². The van der Waals surface area contributed by atoms with Gasteiger partial charge < -0.3 is 43.6 Å². The Morgan fingerprint density at radius 1 is 0.663 bits per heavy atom. The van der Waals surface area contributed by atoms with Crippen LogP contribution in [0.25, 0.3) is 21.5 Å². The van der Waals surface area contributed by atoms with E-state index in [9.17, 15) is 33.3 Å². The highest BCUT2D eigenvalue weighted by molar-refractivity contribution is 6.37. The number of fused-ring (bicyclic) bond motifs is 4. The number of amides is 2. The number of anilines is 4. The van der Waals surface area contributed by atoms with E-state index < -0.39 is 47.2 Å². The first-order valence-electron chi connectivity index (χ1n) is 30.4. The molecule has 4 saturated heterocycles. The van der Waals surface area contributed by atoms with Gasteiger partial charge in [0.05, 0.1) is 91.4 Å². The molecule has 5 fully saturated rings. The van der Waals surface area contributed by atoms with Crippen LogP contribution in [0.5, 0.6) is 12.0 Å². The number of ether oxygens (including phenoxy) is 3. The summed E-state index contributed by atoms with van der Waals surface area (Å²) < 4.78 is 78.5. The first-order valence-corrected chi connectivity index (χ1v) is 31.2. The second-order valence-electron chi connectivity index (χ2n) is 24.1. The average molecular weight is 1260 g/mol. The summed E-state index contributed by atoms with van der Waals surface area (Å²) >= 11 is 13.2. The Balaban J connectivity index is 0.679. The third-order valence-corrected chi connectivity index (χ3v) is 19.5. The molecule has 7 aliphatic rings. The van der Waals surface area contributed by atoms with Crippen LogP contribution in [0.15, 0.2) is 85.0 Å². The monoisotopic (exact) mass is 1250 g/mol. The number of halogens is 6. The van der Waals surface area contributed by atoms with Crippen molar-refractivity contribution in [1.29, 1.82) is 10.5 Å². The minimum Gasteiger partial charge on any atom is -0.463 e. The van der Waals surface area contributed by atoms with Gasteiger partial charge >= 0.3 is 12.0 Å². The molecule has 13 rings (SSSR count). The van der Waals surface area contributed by atoms with E-state index in [1.165, 1.54) is 28.0 Å². The molecule has 6 aliphatic heterocycles. The van der Waals surface area contributed by atoms with E-state index in [1.807, 2.05) is 46.2 Å². The molecular weight excluding hydrogens is 1190 g/mol. The molecule has 1 saturated carbocycles. The van der Waals surface area contributed by atoms with Crippen molar-refractivity contribution >= 4 is 79.6 Å². The number of hydrogen-bond donors (Lipinski definition) is 0. The Hall–Kier alpha value is -8.02. The molecule has 18 nitrogen and oxygen atoms in total. The van der Waals surface area contributed by atoms with Crippen molar-refractivity contribution in [3.63, 3.8) is 0 Å². The number of benzene rings is 4. The highest BCUT2D eigenvalue weighted by Gasteiger charge is 2.42. The molecule has 0 unspecified atom stereocenters. The summed E-state index contributed by atoms with van der Waals surface area (Å²) in [5.74, 6) is -3.29. The van der Waals surface area contributed by atoms with Crippen LogP contribution in [-0.4, -0.2) is 156 Å². The van der Waals surface area contributed by atoms with Crippen LogP contribution in [-0.2, 0) is 40.3 Å². The predicted octanol–water partition coefficient (Wildman–Crippen LogP) is 9.83. The standard InChI is InChI=1S/C65H65Cl2F4N13O5/c1-38(68)62(85)83-25-23-80(30-43(83)14-18-72)61-48-17-22-79(55-9-3-6-42-11-13-50(70)59(67)57(42)55)33-53(48)75-65(77-61)89-37-45-7-4-20-82(45)46-27-39(28-46)29-51(71)63(86)84-26-24-81(31-44(84)15-19-73)60-47-16-21-78(32-52(47)74-64(76-60)88-36-40-34-87-35-40)54-8-2-5-41-10-12-49(69)58(66)56(41)54/h2-3,5-6,8-13,29,39-40,43-46H,1,4,7,14-17,20-28,30-37H2/b51-29-/t39?,43-,44-,45-,46?/m0/s1. The molecular formula is C65H65Cl2F4N13O5. The van der Waals surface area contributed by atoms with E-state index in [0.29, 0.717) is 113 Å². The van der Waals surface area contributed by atoms with Gasteiger partial charge in [0.2, 0.25) is 0 Å². The number of likely N-dealkylation sites (tertiary alicyclic amines) is 1. The minimum absolute atomic E-state index is 0.0104. The number of nitrogens with zero attached hydrogens (tertiary/aromatic N) is 13. The molecule has 0 bridgehead atoms. The Bertz CT molecular complexity index is 3900. The van der Waals surface area contributed by atoms with E-state index in [1.54, 1.807) is 12.1 Å². The fourth-order valence-electron chi connectivity index (χ4n) is 14.0. The molecule has 6 aromatic rings. The molecule has 8 heterocycles. The number of carbonyl (C=O) groups is 2. The van der Waals surface area contributed by atoms with Gasteiger partial charge in [-0.3, -0.25) is 14.5 Å². The zero-order valence-corrected chi connectivity index (χ0v) is 50.4. The van der Waals surface area contributed by atoms with Crippen LogP contribution in [0.1, 0.15) is 61.0 Å². The van der Waals surface area contributed by atoms with Crippen molar-refractivity contribution in [3.05, 3.63) is 129 Å². The van der Waals surface area contributed by atoms with Crippen LogP contribution in [0.2, 0.25) is 10.0 Å². The topological polar surface area (TPSA) is 184 Å². The lowest BCUT2D eigenvalue weighted by Gasteiger charge is -2.43. The van der Waals surface area contributed by atoms with Gasteiger partial charge in [0.1, 0.15) is 29.9 Å². The summed E-state index contributed by atoms with van der Waals surface area (Å²) in [7, 11) is 0.